The molecule has 0 unspecified atom stereocenters. The van der Waals surface area contributed by atoms with Gasteiger partial charge in [0.2, 0.25) is 0 Å². The molecule has 21 heavy (non-hydrogen) atoms. The molecule has 4 N–H and O–H groups in total. The van der Waals surface area contributed by atoms with Gasteiger partial charge in [0.25, 0.3) is 0 Å². The van der Waals surface area contributed by atoms with Gasteiger partial charge < -0.3 is 16.1 Å². The summed E-state index contributed by atoms with van der Waals surface area (Å²) in [5, 5.41) is 11.2. The quantitative estimate of drug-likeness (QED) is 0.510. The van der Waals surface area contributed by atoms with Gasteiger partial charge in [-0.15, -0.1) is 0 Å². The number of hydrogen-bond donors (Lipinski definition) is 1. The molecule has 0 saturated heterocycles. The molecule has 0 atom stereocenters. The summed E-state index contributed by atoms with van der Waals surface area (Å²) < 4.78 is 0. The van der Waals surface area contributed by atoms with Crippen LogP contribution in [0.5, 0.6) is 0 Å². The number of carboxylic acids is 1. The molecule has 0 rings (SSSR count). The van der Waals surface area contributed by atoms with Crippen LogP contribution in [-0.2, 0) is 4.79 Å². The minimum Gasteiger partial charge on any atom is -0.550 e. The molecule has 0 aromatic heterocycles. The Morgan fingerprint density at radius 2 is 1.19 bits per heavy atom. The highest BCUT2D eigenvalue weighted by molar-refractivity contribution is 5.72. The summed E-state index contributed by atoms with van der Waals surface area (Å²) in [5.41, 5.74) is -0.958. The zero-order chi connectivity index (χ0) is 15.6. The van der Waals surface area contributed by atoms with Gasteiger partial charge >= 0.3 is 0 Å². The first-order valence-electron chi connectivity index (χ1n) is 8.47. The Bertz CT molecular complexity index is 272. The number of carbonyl (C=O) groups excluding carboxylic acids is 1. The van der Waals surface area contributed by atoms with Gasteiger partial charge in [-0.3, -0.25) is 0 Å². The Kier molecular flexibility index (Phi) is 12.0. The molecule has 0 aromatic rings. The van der Waals surface area contributed by atoms with E-state index in [2.05, 4.69) is 6.92 Å². The maximum atomic E-state index is 11.2. The third-order valence-electron chi connectivity index (χ3n) is 5.11. The average molecular weight is 302 g/mol. The summed E-state index contributed by atoms with van der Waals surface area (Å²) in [7, 11) is 0. The lowest BCUT2D eigenvalue weighted by Crippen LogP contribution is -2.47. The third-order valence-corrected chi connectivity index (χ3v) is 5.11. The number of quaternary nitrogens is 1. The van der Waals surface area contributed by atoms with Crippen LogP contribution in [0, 0.1) is 10.8 Å². The van der Waals surface area contributed by atoms with Crippen LogP contribution in [0.15, 0.2) is 0 Å². The maximum absolute atomic E-state index is 11.2. The van der Waals surface area contributed by atoms with Gasteiger partial charge in [0.15, 0.2) is 0 Å². The molecule has 0 spiro atoms. The van der Waals surface area contributed by atoms with Gasteiger partial charge in [-0.1, -0.05) is 92.4 Å². The fourth-order valence-electron chi connectivity index (χ4n) is 2.47. The largest absolute Gasteiger partial charge is 0.550 e. The Morgan fingerprint density at radius 3 is 1.57 bits per heavy atom. The van der Waals surface area contributed by atoms with Crippen molar-refractivity contribution < 1.29 is 9.90 Å². The molecule has 0 aliphatic heterocycles. The topological polar surface area (TPSA) is 76.6 Å². The highest BCUT2D eigenvalue weighted by Crippen LogP contribution is 2.42. The molecular formula is C18H39NO2. The number of hydrogen-bond acceptors (Lipinski definition) is 2. The first kappa shape index (κ1) is 22.7. The van der Waals surface area contributed by atoms with Crippen LogP contribution >= 0.6 is 0 Å². The van der Waals surface area contributed by atoms with E-state index in [1.54, 1.807) is 13.8 Å². The van der Waals surface area contributed by atoms with Crippen LogP contribution in [0.25, 0.3) is 0 Å². The standard InChI is InChI=1S/C18H36O2.H3N/c1-6-7-8-9-10-11-12-13-14-15-17(2,3)18(4,5)16(19)20;/h6-15H2,1-5H3,(H,19,20);1H3. The predicted molar refractivity (Wildman–Crippen MR) is 90.4 cm³/mol. The van der Waals surface area contributed by atoms with Crippen molar-refractivity contribution in [1.29, 1.82) is 0 Å². The summed E-state index contributed by atoms with van der Waals surface area (Å²) in [5.74, 6) is -0.932. The lowest BCUT2D eigenvalue weighted by molar-refractivity contribution is -0.323. The van der Waals surface area contributed by atoms with Gasteiger partial charge in [0, 0.05) is 11.4 Å². The molecule has 0 amide bonds. The molecule has 128 valence electrons. The summed E-state index contributed by atoms with van der Waals surface area (Å²) in [4.78, 5) is 11.2. The van der Waals surface area contributed by atoms with Gasteiger partial charge in [0.05, 0.1) is 0 Å². The lowest BCUT2D eigenvalue weighted by atomic mass is 9.65. The highest BCUT2D eigenvalue weighted by Gasteiger charge is 2.37. The first-order valence-corrected chi connectivity index (χ1v) is 8.47. The molecule has 3 nitrogen and oxygen atoms in total. The number of aliphatic carboxylic acids is 1. The molecule has 0 aliphatic rings. The van der Waals surface area contributed by atoms with Crippen LogP contribution in [0.1, 0.15) is 98.8 Å². The monoisotopic (exact) mass is 301 g/mol. The van der Waals surface area contributed by atoms with E-state index >= 15 is 0 Å². The fraction of sp³-hybridized carbons (Fsp3) is 0.944. The van der Waals surface area contributed by atoms with Crippen LogP contribution in [0.4, 0.5) is 0 Å². The molecular weight excluding hydrogens is 262 g/mol. The molecule has 0 radical (unpaired) electrons. The van der Waals surface area contributed by atoms with Crippen LogP contribution in [0.2, 0.25) is 0 Å². The molecule has 0 aromatic carbocycles. The smallest absolute Gasteiger partial charge is 0.0476 e. The average Bonchev–Trinajstić information content (AvgIpc) is 2.36. The number of carbonyl (C=O) groups is 1. The van der Waals surface area contributed by atoms with Crippen molar-refractivity contribution >= 4 is 5.97 Å². The predicted octanol–water partition coefficient (Wildman–Crippen LogP) is 5.09. The summed E-state index contributed by atoms with van der Waals surface area (Å²) in [6, 6.07) is 0. The molecule has 0 heterocycles. The third kappa shape index (κ3) is 8.45. The number of rotatable bonds is 12. The maximum Gasteiger partial charge on any atom is 0.0476 e. The lowest BCUT2D eigenvalue weighted by Gasteiger charge is -2.42. The van der Waals surface area contributed by atoms with E-state index in [0.717, 1.165) is 12.8 Å². The van der Waals surface area contributed by atoms with Crippen LogP contribution in [0.3, 0.4) is 0 Å². The number of unbranched alkanes of at least 4 members (excludes halogenated alkanes) is 8. The van der Waals surface area contributed by atoms with E-state index in [1.165, 1.54) is 51.4 Å². The van der Waals surface area contributed by atoms with E-state index in [4.69, 9.17) is 0 Å². The van der Waals surface area contributed by atoms with Gasteiger partial charge in [-0.05, 0) is 11.8 Å². The van der Waals surface area contributed by atoms with Crippen molar-refractivity contribution in [3.8, 4) is 0 Å². The molecule has 0 fully saturated rings. The summed E-state index contributed by atoms with van der Waals surface area (Å²) in [6.45, 7) is 9.92. The first-order chi connectivity index (χ1) is 9.25. The second-order valence-corrected chi connectivity index (χ2v) is 7.37. The Morgan fingerprint density at radius 1 is 0.810 bits per heavy atom. The highest BCUT2D eigenvalue weighted by atomic mass is 16.4. The summed E-state index contributed by atoms with van der Waals surface area (Å²) >= 11 is 0. The SMILES string of the molecule is CCCCCCCCCCCC(C)(C)C(C)(C)C(=O)[O-].[NH4+]. The van der Waals surface area contributed by atoms with Gasteiger partial charge in [-0.2, -0.15) is 0 Å². The van der Waals surface area contributed by atoms with Crippen molar-refractivity contribution in [1.82, 2.24) is 6.15 Å². The second-order valence-electron chi connectivity index (χ2n) is 7.37. The van der Waals surface area contributed by atoms with Crippen molar-refractivity contribution in [2.75, 3.05) is 0 Å². The number of carboxylic acid groups (broad SMARTS) is 1. The Labute approximate surface area is 132 Å². The van der Waals surface area contributed by atoms with E-state index in [-0.39, 0.29) is 11.6 Å². The van der Waals surface area contributed by atoms with Crippen LogP contribution < -0.4 is 11.3 Å². The zero-order valence-electron chi connectivity index (χ0n) is 15.4. The van der Waals surface area contributed by atoms with Crippen molar-refractivity contribution in [3.63, 3.8) is 0 Å². The molecule has 0 aliphatic carbocycles. The Balaban J connectivity index is 0. The van der Waals surface area contributed by atoms with E-state index in [0.29, 0.717) is 0 Å². The van der Waals surface area contributed by atoms with Crippen molar-refractivity contribution in [2.45, 2.75) is 98.8 Å². The zero-order valence-corrected chi connectivity index (χ0v) is 15.4. The van der Waals surface area contributed by atoms with Crippen molar-refractivity contribution in [2.24, 2.45) is 10.8 Å². The normalized spacial score (nSPS) is 12.0. The van der Waals surface area contributed by atoms with Gasteiger partial charge in [-0.25, -0.2) is 0 Å². The fourth-order valence-corrected chi connectivity index (χ4v) is 2.47. The summed E-state index contributed by atoms with van der Waals surface area (Å²) in [6.07, 6.45) is 12.7. The molecule has 0 saturated carbocycles. The van der Waals surface area contributed by atoms with E-state index in [9.17, 15) is 9.90 Å². The molecule has 3 heteroatoms. The molecule has 0 bridgehead atoms. The van der Waals surface area contributed by atoms with E-state index in [1.807, 2.05) is 13.8 Å². The van der Waals surface area contributed by atoms with E-state index < -0.39 is 11.4 Å². The van der Waals surface area contributed by atoms with Crippen LogP contribution in [-0.4, -0.2) is 5.97 Å². The second kappa shape index (κ2) is 11.1. The van der Waals surface area contributed by atoms with Crippen molar-refractivity contribution in [3.05, 3.63) is 0 Å². The minimum atomic E-state index is -0.932. The minimum absolute atomic E-state index is 0. The Hall–Kier alpha value is -0.570. The van der Waals surface area contributed by atoms with Gasteiger partial charge in [0.1, 0.15) is 0 Å².